The van der Waals surface area contributed by atoms with E-state index >= 15 is 0 Å². The molecule has 140 valence electrons. The van der Waals surface area contributed by atoms with Crippen LogP contribution in [-0.2, 0) is 11.2 Å². The molecule has 0 spiro atoms. The van der Waals surface area contributed by atoms with Crippen LogP contribution in [0.1, 0.15) is 18.4 Å². The van der Waals surface area contributed by atoms with Crippen LogP contribution in [0.25, 0.3) is 10.9 Å². The number of rotatable bonds is 5. The first-order valence-electron chi connectivity index (χ1n) is 9.26. The van der Waals surface area contributed by atoms with Crippen molar-refractivity contribution >= 4 is 34.4 Å². The Morgan fingerprint density at radius 1 is 1.33 bits per heavy atom. The van der Waals surface area contributed by atoms with E-state index in [0.717, 1.165) is 47.3 Å². The second-order valence-electron chi connectivity index (χ2n) is 6.88. The molecule has 0 unspecified atom stereocenters. The fraction of sp³-hybridized carbons (Fsp3) is 0.350. The Bertz CT molecular complexity index is 927. The number of aromatic amines is 1. The van der Waals surface area contributed by atoms with Crippen molar-refractivity contribution in [2.75, 3.05) is 24.5 Å². The van der Waals surface area contributed by atoms with Gasteiger partial charge in [-0.05, 0) is 49.1 Å². The maximum atomic E-state index is 12.6. The third kappa shape index (κ3) is 4.06. The van der Waals surface area contributed by atoms with Crippen LogP contribution in [0.5, 0.6) is 0 Å². The molecule has 7 heteroatoms. The van der Waals surface area contributed by atoms with Gasteiger partial charge in [-0.2, -0.15) is 0 Å². The molecule has 0 aliphatic carbocycles. The number of nitrogens with zero attached hydrogens (tertiary/aromatic N) is 3. The Labute approximate surface area is 163 Å². The molecule has 0 saturated carbocycles. The van der Waals surface area contributed by atoms with Crippen molar-refractivity contribution in [3.63, 3.8) is 0 Å². The average molecular weight is 384 g/mol. The predicted molar refractivity (Wildman–Crippen MR) is 107 cm³/mol. The maximum absolute atomic E-state index is 12.6. The highest BCUT2D eigenvalue weighted by Crippen LogP contribution is 2.23. The van der Waals surface area contributed by atoms with Crippen LogP contribution in [0.3, 0.4) is 0 Å². The maximum Gasteiger partial charge on any atom is 0.225 e. The van der Waals surface area contributed by atoms with Gasteiger partial charge in [0.2, 0.25) is 11.9 Å². The molecule has 1 amide bonds. The van der Waals surface area contributed by atoms with E-state index in [1.54, 1.807) is 18.5 Å². The Kier molecular flexibility index (Phi) is 5.25. The zero-order valence-electron chi connectivity index (χ0n) is 15.0. The van der Waals surface area contributed by atoms with Gasteiger partial charge < -0.3 is 15.2 Å². The predicted octanol–water partition coefficient (Wildman–Crippen LogP) is 3.19. The van der Waals surface area contributed by atoms with Crippen LogP contribution < -0.4 is 10.2 Å². The largest absolute Gasteiger partial charge is 0.361 e. The summed E-state index contributed by atoms with van der Waals surface area (Å²) in [4.78, 5) is 26.5. The molecule has 0 radical (unpaired) electrons. The Hall–Kier alpha value is -2.60. The Morgan fingerprint density at radius 2 is 2.19 bits per heavy atom. The summed E-state index contributed by atoms with van der Waals surface area (Å²) >= 11 is 6.10. The van der Waals surface area contributed by atoms with Crippen molar-refractivity contribution in [2.45, 2.75) is 19.3 Å². The fourth-order valence-corrected chi connectivity index (χ4v) is 3.82. The van der Waals surface area contributed by atoms with E-state index in [-0.39, 0.29) is 11.8 Å². The van der Waals surface area contributed by atoms with E-state index in [1.807, 2.05) is 24.4 Å². The fourth-order valence-electron chi connectivity index (χ4n) is 3.65. The molecule has 1 saturated heterocycles. The molecule has 1 aliphatic heterocycles. The van der Waals surface area contributed by atoms with Crippen LogP contribution in [-0.4, -0.2) is 40.5 Å². The van der Waals surface area contributed by atoms with E-state index in [2.05, 4.69) is 25.2 Å². The van der Waals surface area contributed by atoms with Crippen molar-refractivity contribution in [3.8, 4) is 0 Å². The van der Waals surface area contributed by atoms with Gasteiger partial charge in [0.25, 0.3) is 0 Å². The number of aromatic nitrogens is 3. The Balaban J connectivity index is 1.33. The number of H-pyrrole nitrogens is 1. The lowest BCUT2D eigenvalue weighted by Gasteiger charge is -2.31. The first-order chi connectivity index (χ1) is 13.2. The van der Waals surface area contributed by atoms with Gasteiger partial charge in [-0.25, -0.2) is 9.97 Å². The van der Waals surface area contributed by atoms with Crippen LogP contribution in [0.2, 0.25) is 5.02 Å². The van der Waals surface area contributed by atoms with Crippen molar-refractivity contribution in [3.05, 3.63) is 53.4 Å². The van der Waals surface area contributed by atoms with E-state index in [1.165, 1.54) is 0 Å². The van der Waals surface area contributed by atoms with Gasteiger partial charge in [0, 0.05) is 54.2 Å². The lowest BCUT2D eigenvalue weighted by molar-refractivity contribution is -0.125. The normalized spacial score (nSPS) is 17.2. The number of carbonyl (C=O) groups excluding carboxylic acids is 1. The zero-order chi connectivity index (χ0) is 18.6. The van der Waals surface area contributed by atoms with Crippen LogP contribution in [0.4, 0.5) is 5.95 Å². The standard InChI is InChI=1S/C20H22ClN5O/c21-16-4-5-18-17(11-16)14(12-25-18)6-9-22-19(27)15-3-1-10-26(13-15)20-23-7-2-8-24-20/h2,4-5,7-8,11-12,15,25H,1,3,6,9-10,13H2,(H,22,27)/t15-/m0/s1. The zero-order valence-corrected chi connectivity index (χ0v) is 15.7. The topological polar surface area (TPSA) is 73.9 Å². The highest BCUT2D eigenvalue weighted by atomic mass is 35.5. The van der Waals surface area contributed by atoms with Crippen LogP contribution >= 0.6 is 11.6 Å². The smallest absolute Gasteiger partial charge is 0.225 e. The first kappa shape index (κ1) is 17.8. The van der Waals surface area contributed by atoms with Crippen LogP contribution in [0.15, 0.2) is 42.9 Å². The molecule has 27 heavy (non-hydrogen) atoms. The number of carbonyl (C=O) groups is 1. The molecule has 3 aromatic rings. The van der Waals surface area contributed by atoms with E-state index in [4.69, 9.17) is 11.6 Å². The summed E-state index contributed by atoms with van der Waals surface area (Å²) in [6, 6.07) is 7.61. The molecule has 1 aromatic carbocycles. The number of halogens is 1. The molecular formula is C20H22ClN5O. The second kappa shape index (κ2) is 7.96. The number of amides is 1. The molecule has 1 fully saturated rings. The minimum absolute atomic E-state index is 0.0278. The third-order valence-electron chi connectivity index (χ3n) is 5.05. The summed E-state index contributed by atoms with van der Waals surface area (Å²) in [7, 11) is 0. The molecule has 1 aliphatic rings. The molecule has 3 heterocycles. The molecule has 2 aromatic heterocycles. The van der Waals surface area contributed by atoms with Crippen molar-refractivity contribution in [1.29, 1.82) is 0 Å². The number of hydrogen-bond donors (Lipinski definition) is 2. The Morgan fingerprint density at radius 3 is 3.04 bits per heavy atom. The third-order valence-corrected chi connectivity index (χ3v) is 5.29. The number of benzene rings is 1. The van der Waals surface area contributed by atoms with Gasteiger partial charge in [0.15, 0.2) is 0 Å². The number of anilines is 1. The minimum atomic E-state index is -0.0278. The summed E-state index contributed by atoms with van der Waals surface area (Å²) in [6.45, 7) is 2.17. The summed E-state index contributed by atoms with van der Waals surface area (Å²) < 4.78 is 0. The minimum Gasteiger partial charge on any atom is -0.361 e. The number of fused-ring (bicyclic) bond motifs is 1. The molecule has 0 bridgehead atoms. The van der Waals surface area contributed by atoms with Gasteiger partial charge >= 0.3 is 0 Å². The summed E-state index contributed by atoms with van der Waals surface area (Å²) in [5.74, 6) is 0.777. The van der Waals surface area contributed by atoms with E-state index < -0.39 is 0 Å². The lowest BCUT2D eigenvalue weighted by Crippen LogP contribution is -2.44. The van der Waals surface area contributed by atoms with Gasteiger partial charge in [0.05, 0.1) is 5.92 Å². The monoisotopic (exact) mass is 383 g/mol. The van der Waals surface area contributed by atoms with Gasteiger partial charge in [-0.3, -0.25) is 4.79 Å². The molecular weight excluding hydrogens is 362 g/mol. The SMILES string of the molecule is O=C(NCCc1c[nH]c2ccc(Cl)cc12)[C@H]1CCCN(c2ncccn2)C1. The van der Waals surface area contributed by atoms with Gasteiger partial charge in [0.1, 0.15) is 0 Å². The van der Waals surface area contributed by atoms with Crippen molar-refractivity contribution < 1.29 is 4.79 Å². The van der Waals surface area contributed by atoms with E-state index in [0.29, 0.717) is 19.0 Å². The molecule has 4 rings (SSSR count). The number of nitrogens with one attached hydrogen (secondary N) is 2. The lowest BCUT2D eigenvalue weighted by atomic mass is 9.97. The summed E-state index contributed by atoms with van der Waals surface area (Å²) in [6.07, 6.45) is 8.10. The highest BCUT2D eigenvalue weighted by Gasteiger charge is 2.26. The van der Waals surface area contributed by atoms with Crippen LogP contribution in [0, 0.1) is 5.92 Å². The highest BCUT2D eigenvalue weighted by molar-refractivity contribution is 6.31. The summed E-state index contributed by atoms with van der Waals surface area (Å²) in [5, 5.41) is 4.92. The molecule has 1 atom stereocenters. The number of hydrogen-bond acceptors (Lipinski definition) is 4. The molecule has 2 N–H and O–H groups in total. The number of piperidine rings is 1. The average Bonchev–Trinajstić information content (AvgIpc) is 3.11. The quantitative estimate of drug-likeness (QED) is 0.709. The van der Waals surface area contributed by atoms with E-state index in [9.17, 15) is 4.79 Å². The first-order valence-corrected chi connectivity index (χ1v) is 9.64. The van der Waals surface area contributed by atoms with Crippen molar-refractivity contribution in [2.24, 2.45) is 5.92 Å². The molecule has 6 nitrogen and oxygen atoms in total. The summed E-state index contributed by atoms with van der Waals surface area (Å²) in [5.41, 5.74) is 2.22. The van der Waals surface area contributed by atoms with Gasteiger partial charge in [-0.15, -0.1) is 0 Å². The van der Waals surface area contributed by atoms with Crippen molar-refractivity contribution in [1.82, 2.24) is 20.3 Å². The van der Waals surface area contributed by atoms with Gasteiger partial charge in [-0.1, -0.05) is 11.6 Å². The second-order valence-corrected chi connectivity index (χ2v) is 7.32.